The normalized spacial score (nSPS) is 14.3. The summed E-state index contributed by atoms with van der Waals surface area (Å²) >= 11 is 0. The highest BCUT2D eigenvalue weighted by atomic mass is 19.1. The third-order valence-electron chi connectivity index (χ3n) is 4.84. The highest BCUT2D eigenvalue weighted by Gasteiger charge is 2.15. The fraction of sp³-hybridized carbons (Fsp3) is 0.450. The fourth-order valence-corrected chi connectivity index (χ4v) is 3.46. The van der Waals surface area contributed by atoms with Crippen molar-refractivity contribution < 1.29 is 9.18 Å². The van der Waals surface area contributed by atoms with Gasteiger partial charge in [0.2, 0.25) is 5.91 Å². The van der Waals surface area contributed by atoms with Gasteiger partial charge in [0.15, 0.2) is 0 Å². The molecule has 2 aromatic rings. The van der Waals surface area contributed by atoms with Gasteiger partial charge in [0.1, 0.15) is 5.82 Å². The zero-order valence-corrected chi connectivity index (χ0v) is 15.8. The van der Waals surface area contributed by atoms with E-state index >= 15 is 0 Å². The topological polar surface area (TPSA) is 67.2 Å². The number of carbonyl (C=O) groups excluding carboxylic acids is 1. The summed E-state index contributed by atoms with van der Waals surface area (Å²) in [4.78, 5) is 30.1. The Kier molecular flexibility index (Phi) is 5.88. The van der Waals surface area contributed by atoms with Gasteiger partial charge in [-0.3, -0.25) is 9.36 Å². The number of nitrogens with zero attached hydrogens (tertiary/aromatic N) is 3. The molecule has 1 N–H and O–H groups in total. The van der Waals surface area contributed by atoms with Crippen LogP contribution in [0.4, 0.5) is 15.8 Å². The van der Waals surface area contributed by atoms with Gasteiger partial charge in [0.05, 0.1) is 5.69 Å². The maximum atomic E-state index is 14.4. The Bertz CT molecular complexity index is 888. The van der Waals surface area contributed by atoms with E-state index in [9.17, 15) is 14.0 Å². The predicted octanol–water partition coefficient (Wildman–Crippen LogP) is 3.02. The second kappa shape index (κ2) is 8.33. The number of carbonyl (C=O) groups is 1. The number of aromatic nitrogens is 2. The van der Waals surface area contributed by atoms with E-state index in [0.29, 0.717) is 17.1 Å². The molecule has 6 nitrogen and oxygen atoms in total. The molecule has 3 rings (SSSR count). The van der Waals surface area contributed by atoms with E-state index in [2.05, 4.69) is 10.3 Å². The first-order chi connectivity index (χ1) is 12.9. The molecule has 1 aromatic heterocycles. The first-order valence-corrected chi connectivity index (χ1v) is 9.33. The van der Waals surface area contributed by atoms with E-state index in [4.69, 9.17) is 0 Å². The van der Waals surface area contributed by atoms with Crippen molar-refractivity contribution >= 4 is 17.3 Å². The molecular weight excluding hydrogens is 347 g/mol. The van der Waals surface area contributed by atoms with Gasteiger partial charge in [-0.1, -0.05) is 0 Å². The van der Waals surface area contributed by atoms with Gasteiger partial charge < -0.3 is 10.2 Å². The minimum Gasteiger partial charge on any atom is -0.369 e. The summed E-state index contributed by atoms with van der Waals surface area (Å²) in [5.74, 6) is -0.600. The summed E-state index contributed by atoms with van der Waals surface area (Å²) in [6.45, 7) is 5.52. The number of piperidine rings is 1. The van der Waals surface area contributed by atoms with Crippen LogP contribution in [0, 0.1) is 19.7 Å². The minimum atomic E-state index is -0.364. The van der Waals surface area contributed by atoms with Gasteiger partial charge in [0, 0.05) is 43.1 Å². The van der Waals surface area contributed by atoms with E-state index in [1.807, 2.05) is 11.8 Å². The number of anilines is 2. The highest BCUT2D eigenvalue weighted by Crippen LogP contribution is 2.25. The second-order valence-corrected chi connectivity index (χ2v) is 6.99. The van der Waals surface area contributed by atoms with Gasteiger partial charge in [0.25, 0.3) is 0 Å². The number of nitrogens with one attached hydrogen (secondary N) is 1. The molecule has 1 saturated heterocycles. The van der Waals surface area contributed by atoms with E-state index < -0.39 is 0 Å². The summed E-state index contributed by atoms with van der Waals surface area (Å²) in [6.07, 6.45) is 3.45. The molecule has 2 heterocycles. The number of benzene rings is 1. The number of aryl methyl sites for hydroxylation is 2. The van der Waals surface area contributed by atoms with E-state index in [-0.39, 0.29) is 30.4 Å². The van der Waals surface area contributed by atoms with Crippen molar-refractivity contribution in [3.63, 3.8) is 0 Å². The molecule has 144 valence electrons. The average Bonchev–Trinajstić information content (AvgIpc) is 2.61. The lowest BCUT2D eigenvalue weighted by Crippen LogP contribution is -2.30. The van der Waals surface area contributed by atoms with Crippen molar-refractivity contribution in [3.05, 3.63) is 52.0 Å². The summed E-state index contributed by atoms with van der Waals surface area (Å²) in [5, 5.41) is 2.70. The highest BCUT2D eigenvalue weighted by molar-refractivity contribution is 5.90. The van der Waals surface area contributed by atoms with Crippen LogP contribution >= 0.6 is 0 Å². The third kappa shape index (κ3) is 4.72. The van der Waals surface area contributed by atoms with Crippen molar-refractivity contribution in [3.8, 4) is 0 Å². The Morgan fingerprint density at radius 2 is 1.93 bits per heavy atom. The van der Waals surface area contributed by atoms with Crippen molar-refractivity contribution in [2.45, 2.75) is 46.1 Å². The maximum absolute atomic E-state index is 14.4. The van der Waals surface area contributed by atoms with Crippen LogP contribution in [0.25, 0.3) is 0 Å². The minimum absolute atomic E-state index is 0.112. The molecule has 0 spiro atoms. The van der Waals surface area contributed by atoms with Gasteiger partial charge in [-0.15, -0.1) is 0 Å². The van der Waals surface area contributed by atoms with Crippen LogP contribution in [-0.2, 0) is 11.3 Å². The van der Waals surface area contributed by atoms with E-state index in [1.54, 1.807) is 25.1 Å². The molecule has 0 unspecified atom stereocenters. The van der Waals surface area contributed by atoms with Crippen LogP contribution in [0.5, 0.6) is 0 Å². The number of hydrogen-bond donors (Lipinski definition) is 1. The Balaban J connectivity index is 1.61. The molecule has 27 heavy (non-hydrogen) atoms. The second-order valence-electron chi connectivity index (χ2n) is 6.99. The molecule has 1 fully saturated rings. The fourth-order valence-electron chi connectivity index (χ4n) is 3.46. The lowest BCUT2D eigenvalue weighted by atomic mass is 10.1. The first-order valence-electron chi connectivity index (χ1n) is 9.33. The van der Waals surface area contributed by atoms with Crippen LogP contribution in [0.2, 0.25) is 0 Å². The monoisotopic (exact) mass is 372 g/mol. The Morgan fingerprint density at radius 3 is 2.59 bits per heavy atom. The van der Waals surface area contributed by atoms with E-state index in [0.717, 1.165) is 31.6 Å². The molecule has 0 saturated carbocycles. The van der Waals surface area contributed by atoms with Crippen LogP contribution in [-0.4, -0.2) is 28.5 Å². The predicted molar refractivity (Wildman–Crippen MR) is 104 cm³/mol. The van der Waals surface area contributed by atoms with Crippen molar-refractivity contribution in [1.82, 2.24) is 9.55 Å². The van der Waals surface area contributed by atoms with Gasteiger partial charge >= 0.3 is 5.69 Å². The zero-order chi connectivity index (χ0) is 19.4. The summed E-state index contributed by atoms with van der Waals surface area (Å²) in [6, 6.07) is 6.59. The van der Waals surface area contributed by atoms with Crippen LogP contribution in [0.1, 0.15) is 37.1 Å². The Morgan fingerprint density at radius 1 is 1.19 bits per heavy atom. The molecular formula is C20H25FN4O2. The summed E-state index contributed by atoms with van der Waals surface area (Å²) in [7, 11) is 0. The molecule has 0 radical (unpaired) electrons. The third-order valence-corrected chi connectivity index (χ3v) is 4.84. The molecule has 7 heteroatoms. The lowest BCUT2D eigenvalue weighted by Gasteiger charge is -2.29. The van der Waals surface area contributed by atoms with Crippen molar-refractivity contribution in [2.75, 3.05) is 23.3 Å². The van der Waals surface area contributed by atoms with Crippen LogP contribution in [0.15, 0.2) is 29.1 Å². The first kappa shape index (κ1) is 19.1. The molecule has 0 bridgehead atoms. The quantitative estimate of drug-likeness (QED) is 0.876. The number of hydrogen-bond acceptors (Lipinski definition) is 4. The smallest absolute Gasteiger partial charge is 0.347 e. The van der Waals surface area contributed by atoms with Gasteiger partial charge in [-0.05, 0) is 57.4 Å². The standard InChI is InChI=1S/C20H25FN4O2/c1-14-12-15(2)25(20(27)22-14)11-8-19(26)23-16-6-7-18(17(21)13-16)24-9-4-3-5-10-24/h6-7,12-13H,3-5,8-11H2,1-2H3,(H,23,26). The average molecular weight is 372 g/mol. The Labute approximate surface area is 158 Å². The van der Waals surface area contributed by atoms with Crippen LogP contribution in [0.3, 0.4) is 0 Å². The summed E-state index contributed by atoms with van der Waals surface area (Å²) in [5.41, 5.74) is 2.06. The van der Waals surface area contributed by atoms with Crippen LogP contribution < -0.4 is 15.9 Å². The molecule has 1 amide bonds. The Hall–Kier alpha value is -2.70. The largest absolute Gasteiger partial charge is 0.369 e. The lowest BCUT2D eigenvalue weighted by molar-refractivity contribution is -0.116. The van der Waals surface area contributed by atoms with Gasteiger partial charge in [-0.25, -0.2) is 9.18 Å². The van der Waals surface area contributed by atoms with Crippen molar-refractivity contribution in [2.24, 2.45) is 0 Å². The molecule has 1 aliphatic rings. The molecule has 0 aliphatic carbocycles. The van der Waals surface area contributed by atoms with Gasteiger partial charge in [-0.2, -0.15) is 4.98 Å². The zero-order valence-electron chi connectivity index (χ0n) is 15.8. The number of amides is 1. The molecule has 1 aliphatic heterocycles. The maximum Gasteiger partial charge on any atom is 0.347 e. The molecule has 0 atom stereocenters. The van der Waals surface area contributed by atoms with Crippen molar-refractivity contribution in [1.29, 1.82) is 0 Å². The number of halogens is 1. The number of rotatable bonds is 5. The molecule has 1 aromatic carbocycles. The summed E-state index contributed by atoms with van der Waals surface area (Å²) < 4.78 is 15.9. The SMILES string of the molecule is Cc1cc(C)n(CCC(=O)Nc2ccc(N3CCCCC3)c(F)c2)c(=O)n1. The van der Waals surface area contributed by atoms with E-state index in [1.165, 1.54) is 17.1 Å².